The van der Waals surface area contributed by atoms with Gasteiger partial charge in [-0.05, 0) is 37.3 Å². The second kappa shape index (κ2) is 7.68. The molecule has 3 amide bonds. The lowest BCUT2D eigenvalue weighted by molar-refractivity contribution is -0.137. The molecule has 2 aliphatic heterocycles. The molecule has 0 bridgehead atoms. The van der Waals surface area contributed by atoms with Crippen molar-refractivity contribution in [1.82, 2.24) is 10.2 Å². The van der Waals surface area contributed by atoms with Gasteiger partial charge < -0.3 is 25.0 Å². The van der Waals surface area contributed by atoms with Crippen LogP contribution in [0.1, 0.15) is 18.9 Å². The van der Waals surface area contributed by atoms with Gasteiger partial charge in [-0.2, -0.15) is 13.2 Å². The molecule has 0 aromatic heterocycles. The van der Waals surface area contributed by atoms with E-state index in [0.29, 0.717) is 12.2 Å². The molecular weight excluding hydrogens is 415 g/mol. The Morgan fingerprint density at radius 1 is 1.23 bits per heavy atom. The normalized spacial score (nSPS) is 22.9. The number of nitrogens with zero attached hydrogens (tertiary/aromatic N) is 1. The molecule has 0 radical (unpaired) electrons. The fourth-order valence-corrected chi connectivity index (χ4v) is 3.78. The topological polar surface area (TPSA) is 79.9 Å². The highest BCUT2D eigenvalue weighted by molar-refractivity contribution is 5.91. The third-order valence-corrected chi connectivity index (χ3v) is 5.49. The van der Waals surface area contributed by atoms with Gasteiger partial charge in [0.15, 0.2) is 5.60 Å². The van der Waals surface area contributed by atoms with E-state index in [-0.39, 0.29) is 30.6 Å². The van der Waals surface area contributed by atoms with Crippen LogP contribution in [-0.2, 0) is 10.9 Å². The summed E-state index contributed by atoms with van der Waals surface area (Å²) < 4.78 is 51.7. The number of ether oxygens (including phenoxy) is 2. The maximum atomic E-state index is 13.6. The molecule has 2 aromatic rings. The maximum Gasteiger partial charge on any atom is 0.418 e. The fraction of sp³-hybridized carbons (Fsp3) is 0.333. The minimum absolute atomic E-state index is 0.00517. The molecule has 2 unspecified atom stereocenters. The molecule has 164 valence electrons. The van der Waals surface area contributed by atoms with Crippen molar-refractivity contribution in [3.05, 3.63) is 54.1 Å². The summed E-state index contributed by atoms with van der Waals surface area (Å²) >= 11 is 0. The predicted octanol–water partition coefficient (Wildman–Crippen LogP) is 4.60. The highest BCUT2D eigenvalue weighted by Gasteiger charge is 2.52. The van der Waals surface area contributed by atoms with Crippen LogP contribution in [0.2, 0.25) is 0 Å². The Kier molecular flexibility index (Phi) is 5.16. The SMILES string of the molecule is CC1NC(=O)OC12CCN(C(=O)Nc1ccc(Oc3ccccc3)cc1C(F)(F)F)C2. The van der Waals surface area contributed by atoms with E-state index < -0.39 is 29.5 Å². The molecule has 2 aromatic carbocycles. The number of benzene rings is 2. The van der Waals surface area contributed by atoms with E-state index in [1.54, 1.807) is 37.3 Å². The largest absolute Gasteiger partial charge is 0.457 e. The minimum atomic E-state index is -4.70. The van der Waals surface area contributed by atoms with Gasteiger partial charge in [-0.15, -0.1) is 0 Å². The molecule has 1 spiro atoms. The quantitative estimate of drug-likeness (QED) is 0.739. The minimum Gasteiger partial charge on any atom is -0.457 e. The Hall–Kier alpha value is -3.43. The van der Waals surface area contributed by atoms with Gasteiger partial charge in [-0.1, -0.05) is 18.2 Å². The first-order valence-electron chi connectivity index (χ1n) is 9.66. The van der Waals surface area contributed by atoms with Crippen molar-refractivity contribution < 1.29 is 32.2 Å². The van der Waals surface area contributed by atoms with Gasteiger partial charge in [0, 0.05) is 13.0 Å². The Labute approximate surface area is 176 Å². The second-order valence-electron chi connectivity index (χ2n) is 7.54. The van der Waals surface area contributed by atoms with E-state index in [4.69, 9.17) is 9.47 Å². The van der Waals surface area contributed by atoms with Crippen molar-refractivity contribution in [2.75, 3.05) is 18.4 Å². The number of rotatable bonds is 3. The maximum absolute atomic E-state index is 13.6. The first-order chi connectivity index (χ1) is 14.7. The molecule has 2 saturated heterocycles. The summed E-state index contributed by atoms with van der Waals surface area (Å²) in [5.74, 6) is 0.387. The fourth-order valence-electron chi connectivity index (χ4n) is 3.78. The van der Waals surface area contributed by atoms with E-state index in [0.717, 1.165) is 12.1 Å². The van der Waals surface area contributed by atoms with Crippen molar-refractivity contribution in [3.8, 4) is 11.5 Å². The second-order valence-corrected chi connectivity index (χ2v) is 7.54. The van der Waals surface area contributed by atoms with Crippen LogP contribution in [0.4, 0.5) is 28.4 Å². The zero-order valence-corrected chi connectivity index (χ0v) is 16.5. The lowest BCUT2D eigenvalue weighted by Crippen LogP contribution is -2.45. The number of hydrogen-bond acceptors (Lipinski definition) is 4. The number of para-hydroxylation sites is 1. The number of carbonyl (C=O) groups excluding carboxylic acids is 2. The number of hydrogen-bond donors (Lipinski definition) is 2. The number of alkyl halides is 3. The number of amides is 3. The van der Waals surface area contributed by atoms with Gasteiger partial charge in [0.25, 0.3) is 0 Å². The van der Waals surface area contributed by atoms with Gasteiger partial charge in [0.2, 0.25) is 0 Å². The lowest BCUT2D eigenvalue weighted by Gasteiger charge is -2.26. The summed E-state index contributed by atoms with van der Waals surface area (Å²) in [5.41, 5.74) is -2.27. The van der Waals surface area contributed by atoms with Crippen LogP contribution in [0.25, 0.3) is 0 Å². The van der Waals surface area contributed by atoms with Crippen LogP contribution < -0.4 is 15.4 Å². The molecule has 0 saturated carbocycles. The van der Waals surface area contributed by atoms with E-state index in [2.05, 4.69) is 10.6 Å². The molecule has 2 heterocycles. The van der Waals surface area contributed by atoms with Crippen molar-refractivity contribution in [2.45, 2.75) is 31.2 Å². The van der Waals surface area contributed by atoms with Crippen molar-refractivity contribution in [2.24, 2.45) is 0 Å². The molecule has 2 N–H and O–H groups in total. The van der Waals surface area contributed by atoms with E-state index in [9.17, 15) is 22.8 Å². The average Bonchev–Trinajstić information content (AvgIpc) is 3.26. The van der Waals surface area contributed by atoms with Crippen molar-refractivity contribution >= 4 is 17.8 Å². The smallest absolute Gasteiger partial charge is 0.418 e. The van der Waals surface area contributed by atoms with Gasteiger partial charge in [0.05, 0.1) is 23.8 Å². The standard InChI is InChI=1S/C21H20F3N3O4/c1-13-20(31-19(29)25-13)9-10-27(12-20)18(28)26-17-8-7-15(11-16(17)21(22,23)24)30-14-5-3-2-4-6-14/h2-8,11,13H,9-10,12H2,1H3,(H,25,29)(H,26,28). The first kappa shape index (κ1) is 20.8. The molecular formula is C21H20F3N3O4. The van der Waals surface area contributed by atoms with Crippen LogP contribution in [0, 0.1) is 0 Å². The summed E-state index contributed by atoms with van der Waals surface area (Å²) in [6.07, 6.45) is -4.87. The number of carbonyl (C=O) groups is 2. The zero-order valence-electron chi connectivity index (χ0n) is 16.5. The predicted molar refractivity (Wildman–Crippen MR) is 105 cm³/mol. The van der Waals surface area contributed by atoms with Crippen LogP contribution >= 0.6 is 0 Å². The zero-order chi connectivity index (χ0) is 22.2. The molecule has 0 aliphatic carbocycles. The van der Waals surface area contributed by atoms with Crippen LogP contribution in [-0.4, -0.2) is 41.8 Å². The average molecular weight is 435 g/mol. The Balaban J connectivity index is 1.51. The Morgan fingerprint density at radius 3 is 2.61 bits per heavy atom. The summed E-state index contributed by atoms with van der Waals surface area (Å²) in [7, 11) is 0. The van der Waals surface area contributed by atoms with E-state index >= 15 is 0 Å². The number of likely N-dealkylation sites (tertiary alicyclic amines) is 1. The van der Waals surface area contributed by atoms with Crippen LogP contribution in [0.5, 0.6) is 11.5 Å². The van der Waals surface area contributed by atoms with Crippen LogP contribution in [0.3, 0.4) is 0 Å². The molecule has 31 heavy (non-hydrogen) atoms. The van der Waals surface area contributed by atoms with Crippen molar-refractivity contribution in [3.63, 3.8) is 0 Å². The molecule has 4 rings (SSSR count). The van der Waals surface area contributed by atoms with E-state index in [1.165, 1.54) is 11.0 Å². The Morgan fingerprint density at radius 2 is 1.97 bits per heavy atom. The summed E-state index contributed by atoms with van der Waals surface area (Å²) in [6, 6.07) is 10.8. The third-order valence-electron chi connectivity index (χ3n) is 5.49. The number of nitrogens with one attached hydrogen (secondary N) is 2. The van der Waals surface area contributed by atoms with Gasteiger partial charge in [0.1, 0.15) is 11.5 Å². The highest BCUT2D eigenvalue weighted by atomic mass is 19.4. The monoisotopic (exact) mass is 435 g/mol. The number of urea groups is 1. The summed E-state index contributed by atoms with van der Waals surface area (Å²) in [6.45, 7) is 2.11. The Bertz CT molecular complexity index is 999. The number of halogens is 3. The van der Waals surface area contributed by atoms with Crippen LogP contribution in [0.15, 0.2) is 48.5 Å². The molecule has 10 heteroatoms. The molecule has 7 nitrogen and oxygen atoms in total. The summed E-state index contributed by atoms with van der Waals surface area (Å²) in [4.78, 5) is 25.5. The third kappa shape index (κ3) is 4.23. The van der Waals surface area contributed by atoms with Gasteiger partial charge >= 0.3 is 18.3 Å². The lowest BCUT2D eigenvalue weighted by atomic mass is 9.96. The van der Waals surface area contributed by atoms with Gasteiger partial charge in [-0.25, -0.2) is 9.59 Å². The summed E-state index contributed by atoms with van der Waals surface area (Å²) in [5, 5.41) is 4.96. The van der Waals surface area contributed by atoms with E-state index in [1.807, 2.05) is 0 Å². The number of anilines is 1. The van der Waals surface area contributed by atoms with Gasteiger partial charge in [-0.3, -0.25) is 0 Å². The highest BCUT2D eigenvalue weighted by Crippen LogP contribution is 2.39. The molecule has 2 aliphatic rings. The first-order valence-corrected chi connectivity index (χ1v) is 9.66. The molecule has 2 atom stereocenters. The number of alkyl carbamates (subject to hydrolysis) is 1. The van der Waals surface area contributed by atoms with Crippen molar-refractivity contribution in [1.29, 1.82) is 0 Å². The molecule has 2 fully saturated rings.